The molecule has 0 bridgehead atoms. The van der Waals surface area contributed by atoms with Gasteiger partial charge in [-0.25, -0.2) is 0 Å². The number of nitrogens with one attached hydrogen (secondary N) is 2. The van der Waals surface area contributed by atoms with E-state index in [0.717, 1.165) is 12.5 Å². The van der Waals surface area contributed by atoms with Gasteiger partial charge in [-0.1, -0.05) is 48.5 Å². The second kappa shape index (κ2) is 6.59. The molecule has 2 aromatic carbocycles. The van der Waals surface area contributed by atoms with Gasteiger partial charge in [-0.3, -0.25) is 4.99 Å². The van der Waals surface area contributed by atoms with Crippen LogP contribution in [-0.2, 0) is 6.54 Å². The highest BCUT2D eigenvalue weighted by atomic mass is 15.2. The molecule has 0 aliphatic rings. The molecule has 2 N–H and O–H groups in total. The summed E-state index contributed by atoms with van der Waals surface area (Å²) in [5, 5.41) is 9.00. The van der Waals surface area contributed by atoms with Gasteiger partial charge < -0.3 is 10.6 Å². The minimum atomic E-state index is 0.704. The molecular formula is C16H19N3. The van der Waals surface area contributed by atoms with Crippen molar-refractivity contribution in [3.8, 4) is 0 Å². The molecule has 0 amide bonds. The van der Waals surface area contributed by atoms with Crippen LogP contribution >= 0.6 is 0 Å². The number of hydrogen-bond acceptors (Lipinski definition) is 1. The molecule has 0 atom stereocenters. The summed E-state index contributed by atoms with van der Waals surface area (Å²) in [4.78, 5) is 4.17. The summed E-state index contributed by atoms with van der Waals surface area (Å²) in [5.74, 6) is 0.785. The lowest BCUT2D eigenvalue weighted by Gasteiger charge is -2.12. The van der Waals surface area contributed by atoms with Crippen molar-refractivity contribution < 1.29 is 0 Å². The van der Waals surface area contributed by atoms with Gasteiger partial charge in [0.05, 0.1) is 0 Å². The first-order valence-electron chi connectivity index (χ1n) is 6.37. The normalized spacial score (nSPS) is 11.3. The largest absolute Gasteiger partial charge is 0.353 e. The molecule has 2 rings (SSSR count). The van der Waals surface area contributed by atoms with E-state index in [1.165, 1.54) is 16.3 Å². The van der Waals surface area contributed by atoms with Gasteiger partial charge in [-0.2, -0.15) is 0 Å². The molecule has 3 nitrogen and oxygen atoms in total. The predicted molar refractivity (Wildman–Crippen MR) is 82.3 cm³/mol. The lowest BCUT2D eigenvalue weighted by molar-refractivity contribution is 0.852. The average Bonchev–Trinajstić information content (AvgIpc) is 2.47. The van der Waals surface area contributed by atoms with Crippen molar-refractivity contribution in [2.75, 3.05) is 13.6 Å². The molecule has 0 aromatic heterocycles. The zero-order valence-electron chi connectivity index (χ0n) is 11.2. The number of aliphatic imine (C=N–C) groups is 1. The van der Waals surface area contributed by atoms with E-state index in [0.29, 0.717) is 6.54 Å². The van der Waals surface area contributed by atoms with Crippen LogP contribution in [0.5, 0.6) is 0 Å². The first-order chi connectivity index (χ1) is 9.35. The first-order valence-corrected chi connectivity index (χ1v) is 6.37. The third kappa shape index (κ3) is 3.35. The summed E-state index contributed by atoms with van der Waals surface area (Å²) in [5.41, 5.74) is 1.26. The Morgan fingerprint density at radius 1 is 1.16 bits per heavy atom. The maximum atomic E-state index is 4.17. The van der Waals surface area contributed by atoms with Crippen LogP contribution in [0.15, 0.2) is 60.1 Å². The highest BCUT2D eigenvalue weighted by molar-refractivity contribution is 5.86. The van der Waals surface area contributed by atoms with E-state index in [9.17, 15) is 0 Å². The minimum absolute atomic E-state index is 0.704. The van der Waals surface area contributed by atoms with Gasteiger partial charge in [-0.05, 0) is 16.3 Å². The zero-order valence-corrected chi connectivity index (χ0v) is 11.2. The molecule has 0 fully saturated rings. The fourth-order valence-electron chi connectivity index (χ4n) is 2.02. The van der Waals surface area contributed by atoms with Gasteiger partial charge in [-0.15, -0.1) is 6.58 Å². The smallest absolute Gasteiger partial charge is 0.191 e. The Bertz CT molecular complexity index is 582. The van der Waals surface area contributed by atoms with Crippen molar-refractivity contribution in [3.05, 3.63) is 60.7 Å². The Morgan fingerprint density at radius 2 is 1.95 bits per heavy atom. The monoisotopic (exact) mass is 253 g/mol. The van der Waals surface area contributed by atoms with Crippen LogP contribution in [0.4, 0.5) is 0 Å². The van der Waals surface area contributed by atoms with Crippen molar-refractivity contribution in [2.45, 2.75) is 6.54 Å². The van der Waals surface area contributed by atoms with E-state index in [-0.39, 0.29) is 0 Å². The maximum Gasteiger partial charge on any atom is 0.191 e. The molecular weight excluding hydrogens is 234 g/mol. The minimum Gasteiger partial charge on any atom is -0.353 e. The van der Waals surface area contributed by atoms with Crippen molar-refractivity contribution in [3.63, 3.8) is 0 Å². The summed E-state index contributed by atoms with van der Waals surface area (Å²) in [7, 11) is 1.77. The van der Waals surface area contributed by atoms with Crippen LogP contribution < -0.4 is 10.6 Å². The van der Waals surface area contributed by atoms with Crippen molar-refractivity contribution in [1.82, 2.24) is 10.6 Å². The summed E-state index contributed by atoms with van der Waals surface area (Å²) in [6, 6.07) is 14.7. The third-order valence-corrected chi connectivity index (χ3v) is 2.96. The molecule has 0 unspecified atom stereocenters. The molecule has 0 saturated carbocycles. The van der Waals surface area contributed by atoms with Crippen LogP contribution in [0.3, 0.4) is 0 Å². The number of nitrogens with zero attached hydrogens (tertiary/aromatic N) is 1. The van der Waals surface area contributed by atoms with E-state index in [2.05, 4.69) is 64.7 Å². The molecule has 0 radical (unpaired) electrons. The van der Waals surface area contributed by atoms with Gasteiger partial charge in [0.25, 0.3) is 0 Å². The Kier molecular flexibility index (Phi) is 4.56. The van der Waals surface area contributed by atoms with Crippen molar-refractivity contribution >= 4 is 16.7 Å². The quantitative estimate of drug-likeness (QED) is 0.499. The fraction of sp³-hybridized carbons (Fsp3) is 0.188. The second-order valence-corrected chi connectivity index (χ2v) is 4.23. The number of rotatable bonds is 4. The molecule has 0 aliphatic heterocycles. The Labute approximate surface area is 114 Å². The molecule has 2 aromatic rings. The molecule has 19 heavy (non-hydrogen) atoms. The number of hydrogen-bond donors (Lipinski definition) is 2. The van der Waals surface area contributed by atoms with Gasteiger partial charge in [0.2, 0.25) is 0 Å². The lowest BCUT2D eigenvalue weighted by atomic mass is 10.0. The van der Waals surface area contributed by atoms with Crippen molar-refractivity contribution in [2.24, 2.45) is 4.99 Å². The standard InChI is InChI=1S/C16H19N3/c1-3-11-18-16(17-2)19-12-14-9-6-8-13-7-4-5-10-15(13)14/h3-10H,1,11-12H2,2H3,(H2,17,18,19). The van der Waals surface area contributed by atoms with E-state index in [4.69, 9.17) is 0 Å². The predicted octanol–water partition coefficient (Wildman–Crippen LogP) is 2.69. The molecule has 0 aliphatic carbocycles. The molecule has 98 valence electrons. The van der Waals surface area contributed by atoms with Gasteiger partial charge in [0.15, 0.2) is 5.96 Å². The molecule has 0 spiro atoms. The summed E-state index contributed by atoms with van der Waals surface area (Å²) >= 11 is 0. The van der Waals surface area contributed by atoms with Crippen LogP contribution in [0.2, 0.25) is 0 Å². The average molecular weight is 253 g/mol. The summed E-state index contributed by atoms with van der Waals surface area (Å²) < 4.78 is 0. The number of fused-ring (bicyclic) bond motifs is 1. The Morgan fingerprint density at radius 3 is 2.74 bits per heavy atom. The Hall–Kier alpha value is -2.29. The third-order valence-electron chi connectivity index (χ3n) is 2.96. The van der Waals surface area contributed by atoms with Crippen LogP contribution in [0.25, 0.3) is 10.8 Å². The summed E-state index contributed by atoms with van der Waals surface area (Å²) in [6.45, 7) is 5.13. The van der Waals surface area contributed by atoms with Gasteiger partial charge in [0, 0.05) is 20.1 Å². The summed E-state index contributed by atoms with van der Waals surface area (Å²) in [6.07, 6.45) is 1.81. The second-order valence-electron chi connectivity index (χ2n) is 4.23. The van der Waals surface area contributed by atoms with Gasteiger partial charge in [0.1, 0.15) is 0 Å². The Balaban J connectivity index is 2.11. The van der Waals surface area contributed by atoms with E-state index in [1.54, 1.807) is 7.05 Å². The van der Waals surface area contributed by atoms with Crippen molar-refractivity contribution in [1.29, 1.82) is 0 Å². The zero-order chi connectivity index (χ0) is 13.5. The number of benzene rings is 2. The van der Waals surface area contributed by atoms with Gasteiger partial charge >= 0.3 is 0 Å². The van der Waals surface area contributed by atoms with E-state index in [1.807, 2.05) is 6.08 Å². The highest BCUT2D eigenvalue weighted by Crippen LogP contribution is 2.17. The van der Waals surface area contributed by atoms with E-state index >= 15 is 0 Å². The number of guanidine groups is 1. The van der Waals surface area contributed by atoms with Crippen LogP contribution in [0.1, 0.15) is 5.56 Å². The molecule has 0 saturated heterocycles. The SMILES string of the molecule is C=CCNC(=NC)NCc1cccc2ccccc12. The van der Waals surface area contributed by atoms with Crippen LogP contribution in [-0.4, -0.2) is 19.6 Å². The lowest BCUT2D eigenvalue weighted by Crippen LogP contribution is -2.36. The maximum absolute atomic E-state index is 4.17. The topological polar surface area (TPSA) is 36.4 Å². The van der Waals surface area contributed by atoms with Crippen LogP contribution in [0, 0.1) is 0 Å². The highest BCUT2D eigenvalue weighted by Gasteiger charge is 2.01. The molecule has 0 heterocycles. The molecule has 3 heteroatoms. The first kappa shape index (κ1) is 13.1. The fourth-order valence-corrected chi connectivity index (χ4v) is 2.02. The van der Waals surface area contributed by atoms with E-state index < -0.39 is 0 Å².